The van der Waals surface area contributed by atoms with Gasteiger partial charge in [-0.05, 0) is 55.7 Å². The maximum atomic E-state index is 4.69. The molecule has 0 aliphatic heterocycles. The fourth-order valence-electron chi connectivity index (χ4n) is 2.25. The number of benzene rings is 1. The molecular formula is C17H17N3S. The minimum absolute atomic E-state index is 0.885. The van der Waals surface area contributed by atoms with Crippen molar-refractivity contribution in [1.29, 1.82) is 0 Å². The summed E-state index contributed by atoms with van der Waals surface area (Å²) in [4.78, 5) is 8.78. The van der Waals surface area contributed by atoms with Gasteiger partial charge >= 0.3 is 0 Å². The number of hydrogen-bond acceptors (Lipinski definition) is 4. The van der Waals surface area contributed by atoms with E-state index < -0.39 is 0 Å². The fourth-order valence-corrected chi connectivity index (χ4v) is 2.98. The van der Waals surface area contributed by atoms with E-state index in [-0.39, 0.29) is 0 Å². The molecule has 0 fully saturated rings. The van der Waals surface area contributed by atoms with Crippen molar-refractivity contribution < 1.29 is 0 Å². The molecule has 0 spiro atoms. The van der Waals surface area contributed by atoms with Crippen LogP contribution >= 0.6 is 11.3 Å². The highest BCUT2D eigenvalue weighted by Gasteiger charge is 2.09. The van der Waals surface area contributed by atoms with Gasteiger partial charge in [0, 0.05) is 17.1 Å². The molecule has 3 rings (SSSR count). The van der Waals surface area contributed by atoms with E-state index in [0.717, 1.165) is 16.5 Å². The Morgan fingerprint density at radius 3 is 2.62 bits per heavy atom. The van der Waals surface area contributed by atoms with Crippen molar-refractivity contribution in [2.45, 2.75) is 20.8 Å². The van der Waals surface area contributed by atoms with Crippen molar-refractivity contribution in [2.24, 2.45) is 0 Å². The number of anilines is 2. The molecule has 21 heavy (non-hydrogen) atoms. The minimum Gasteiger partial charge on any atom is -0.330 e. The number of aryl methyl sites for hydroxylation is 3. The third-order valence-corrected chi connectivity index (χ3v) is 4.29. The second-order valence-corrected chi connectivity index (χ2v) is 6.01. The van der Waals surface area contributed by atoms with Gasteiger partial charge in [-0.2, -0.15) is 0 Å². The first kappa shape index (κ1) is 13.8. The third-order valence-electron chi connectivity index (χ3n) is 3.53. The molecule has 0 radical (unpaired) electrons. The van der Waals surface area contributed by atoms with Crippen LogP contribution in [0.3, 0.4) is 0 Å². The van der Waals surface area contributed by atoms with Crippen molar-refractivity contribution in [3.63, 3.8) is 0 Å². The summed E-state index contributed by atoms with van der Waals surface area (Å²) in [6, 6.07) is 8.32. The highest BCUT2D eigenvalue weighted by Crippen LogP contribution is 2.30. The standard InChI is InChI=1S/C17H17N3S/c1-11-7-13(3)15(8-12(11)2)16-10-21-17(20-16)19-14-5-4-6-18-9-14/h4-10H,1-3H3,(H,19,20). The van der Waals surface area contributed by atoms with Crippen molar-refractivity contribution in [3.8, 4) is 11.3 Å². The Morgan fingerprint density at radius 2 is 1.86 bits per heavy atom. The number of aromatic nitrogens is 2. The molecule has 0 atom stereocenters. The monoisotopic (exact) mass is 295 g/mol. The molecule has 0 amide bonds. The molecule has 3 aromatic rings. The number of thiazole rings is 1. The molecule has 0 saturated carbocycles. The van der Waals surface area contributed by atoms with Crippen LogP contribution in [-0.4, -0.2) is 9.97 Å². The first-order valence-corrected chi connectivity index (χ1v) is 7.72. The van der Waals surface area contributed by atoms with Crippen molar-refractivity contribution in [3.05, 3.63) is 58.7 Å². The van der Waals surface area contributed by atoms with Gasteiger partial charge in [0.2, 0.25) is 0 Å². The van der Waals surface area contributed by atoms with Crippen LogP contribution in [0.1, 0.15) is 16.7 Å². The molecule has 0 aliphatic carbocycles. The fraction of sp³-hybridized carbons (Fsp3) is 0.176. The van der Waals surface area contributed by atoms with Crippen molar-refractivity contribution in [1.82, 2.24) is 9.97 Å². The molecule has 3 nitrogen and oxygen atoms in total. The molecule has 2 heterocycles. The lowest BCUT2D eigenvalue weighted by Gasteiger charge is -2.07. The van der Waals surface area contributed by atoms with Gasteiger partial charge in [0.25, 0.3) is 0 Å². The van der Waals surface area contributed by atoms with E-state index >= 15 is 0 Å². The predicted octanol–water partition coefficient (Wildman–Crippen LogP) is 4.87. The smallest absolute Gasteiger partial charge is 0.187 e. The minimum atomic E-state index is 0.885. The average molecular weight is 295 g/mol. The van der Waals surface area contributed by atoms with E-state index in [4.69, 9.17) is 0 Å². The zero-order valence-electron chi connectivity index (χ0n) is 12.3. The molecule has 1 aromatic carbocycles. The van der Waals surface area contributed by atoms with E-state index in [1.807, 2.05) is 12.1 Å². The van der Waals surface area contributed by atoms with Gasteiger partial charge in [-0.1, -0.05) is 6.07 Å². The van der Waals surface area contributed by atoms with Crippen LogP contribution < -0.4 is 5.32 Å². The summed E-state index contributed by atoms with van der Waals surface area (Å²) < 4.78 is 0. The van der Waals surface area contributed by atoms with Crippen LogP contribution in [0.15, 0.2) is 42.0 Å². The lowest BCUT2D eigenvalue weighted by atomic mass is 9.99. The summed E-state index contributed by atoms with van der Waals surface area (Å²) in [5, 5.41) is 6.26. The quantitative estimate of drug-likeness (QED) is 0.748. The third kappa shape index (κ3) is 2.95. The number of nitrogens with zero attached hydrogens (tertiary/aromatic N) is 2. The number of nitrogens with one attached hydrogen (secondary N) is 1. The van der Waals surface area contributed by atoms with E-state index in [9.17, 15) is 0 Å². The maximum absolute atomic E-state index is 4.69. The summed E-state index contributed by atoms with van der Waals surface area (Å²) in [7, 11) is 0. The maximum Gasteiger partial charge on any atom is 0.187 e. The molecule has 0 unspecified atom stereocenters. The van der Waals surface area contributed by atoms with Crippen LogP contribution in [0, 0.1) is 20.8 Å². The van der Waals surface area contributed by atoms with Gasteiger partial charge in [-0.3, -0.25) is 4.98 Å². The van der Waals surface area contributed by atoms with Crippen LogP contribution in [0.4, 0.5) is 10.8 Å². The Morgan fingerprint density at radius 1 is 1.05 bits per heavy atom. The first-order valence-electron chi connectivity index (χ1n) is 6.84. The van der Waals surface area contributed by atoms with E-state index in [0.29, 0.717) is 0 Å². The molecule has 1 N–H and O–H groups in total. The summed E-state index contributed by atoms with van der Waals surface area (Å²) in [5.41, 5.74) is 7.05. The van der Waals surface area contributed by atoms with Gasteiger partial charge in [0.1, 0.15) is 0 Å². The van der Waals surface area contributed by atoms with Gasteiger partial charge in [-0.25, -0.2) is 4.98 Å². The molecule has 0 saturated heterocycles. The summed E-state index contributed by atoms with van der Waals surface area (Å²) in [6.45, 7) is 6.41. The summed E-state index contributed by atoms with van der Waals surface area (Å²) >= 11 is 1.61. The average Bonchev–Trinajstić information content (AvgIpc) is 2.92. The Bertz CT molecular complexity index is 763. The van der Waals surface area contributed by atoms with Gasteiger partial charge in [0.05, 0.1) is 17.6 Å². The number of rotatable bonds is 3. The predicted molar refractivity (Wildman–Crippen MR) is 89.3 cm³/mol. The Labute approximate surface area is 128 Å². The van der Waals surface area contributed by atoms with Crippen molar-refractivity contribution in [2.75, 3.05) is 5.32 Å². The number of hydrogen-bond donors (Lipinski definition) is 1. The highest BCUT2D eigenvalue weighted by atomic mass is 32.1. The summed E-state index contributed by atoms with van der Waals surface area (Å²) in [6.07, 6.45) is 3.55. The lowest BCUT2D eigenvalue weighted by molar-refractivity contribution is 1.28. The molecule has 4 heteroatoms. The van der Waals surface area contributed by atoms with Gasteiger partial charge < -0.3 is 5.32 Å². The molecule has 106 valence electrons. The topological polar surface area (TPSA) is 37.8 Å². The molecule has 0 aliphatic rings. The van der Waals surface area contributed by atoms with Gasteiger partial charge in [0.15, 0.2) is 5.13 Å². The molecular weight excluding hydrogens is 278 g/mol. The SMILES string of the molecule is Cc1cc(C)c(-c2csc(Nc3cccnc3)n2)cc1C. The first-order chi connectivity index (χ1) is 10.1. The number of pyridine rings is 1. The largest absolute Gasteiger partial charge is 0.330 e. The van der Waals surface area contributed by atoms with Crippen LogP contribution in [-0.2, 0) is 0 Å². The normalized spacial score (nSPS) is 10.6. The van der Waals surface area contributed by atoms with E-state index in [1.54, 1.807) is 23.7 Å². The molecule has 2 aromatic heterocycles. The second-order valence-electron chi connectivity index (χ2n) is 5.16. The highest BCUT2D eigenvalue weighted by molar-refractivity contribution is 7.14. The second kappa shape index (κ2) is 5.66. The zero-order valence-corrected chi connectivity index (χ0v) is 13.2. The lowest BCUT2D eigenvalue weighted by Crippen LogP contribution is -1.91. The van der Waals surface area contributed by atoms with Crippen molar-refractivity contribution >= 4 is 22.2 Å². The molecule has 0 bridgehead atoms. The Kier molecular flexibility index (Phi) is 3.71. The summed E-state index contributed by atoms with van der Waals surface area (Å²) in [5.74, 6) is 0. The van der Waals surface area contributed by atoms with Crippen LogP contribution in [0.2, 0.25) is 0 Å². The van der Waals surface area contributed by atoms with Gasteiger partial charge in [-0.15, -0.1) is 11.3 Å². The van der Waals surface area contributed by atoms with Crippen LogP contribution in [0.5, 0.6) is 0 Å². The zero-order chi connectivity index (χ0) is 14.8. The Hall–Kier alpha value is -2.20. The van der Waals surface area contributed by atoms with Crippen LogP contribution in [0.25, 0.3) is 11.3 Å². The van der Waals surface area contributed by atoms with E-state index in [2.05, 4.69) is 53.6 Å². The van der Waals surface area contributed by atoms with E-state index in [1.165, 1.54) is 22.3 Å². The Balaban J connectivity index is 1.90.